The summed E-state index contributed by atoms with van der Waals surface area (Å²) in [5.74, 6) is -1.88. The van der Waals surface area contributed by atoms with Crippen LogP contribution in [0.4, 0.5) is 10.1 Å². The summed E-state index contributed by atoms with van der Waals surface area (Å²) in [6.45, 7) is 7.16. The van der Waals surface area contributed by atoms with E-state index in [-0.39, 0.29) is 53.0 Å². The molecule has 0 unspecified atom stereocenters. The van der Waals surface area contributed by atoms with Crippen molar-refractivity contribution < 1.29 is 42.1 Å². The third kappa shape index (κ3) is 10.5. The monoisotopic (exact) mass is 699 g/mol. The summed E-state index contributed by atoms with van der Waals surface area (Å²) in [4.78, 5) is 29.1. The summed E-state index contributed by atoms with van der Waals surface area (Å²) in [5, 5.41) is 19.4. The molecule has 0 radical (unpaired) electrons. The fourth-order valence-corrected chi connectivity index (χ4v) is 6.76. The van der Waals surface area contributed by atoms with Crippen LogP contribution in [0.15, 0.2) is 71.6 Å². The van der Waals surface area contributed by atoms with E-state index in [1.807, 2.05) is 20.9 Å². The van der Waals surface area contributed by atoms with E-state index in [0.29, 0.717) is 31.9 Å². The lowest BCUT2D eigenvalue weighted by Crippen LogP contribution is -2.47. The number of ether oxygens (including phenoxy) is 2. The number of carboxylic acid groups (broad SMARTS) is 1. The van der Waals surface area contributed by atoms with E-state index in [9.17, 15) is 32.6 Å². The third-order valence-corrected chi connectivity index (χ3v) is 9.97. The van der Waals surface area contributed by atoms with E-state index >= 15 is 0 Å². The molecule has 0 aliphatic carbocycles. The standard InChI is InChI=1S/C36H46FN3O8S/c1-24-20-40(25(2)23-41)35(42)32-19-30(38-49(45,46)31-15-12-29(37)13-16-31)14-17-33(32)48-26(3)7-5-6-18-47-34(24)22-39(4)21-27-8-10-28(11-9-27)36(43)44/h8-17,19,24-26,34,38,41H,5-7,18,20-23H2,1-4H3,(H,43,44)/t24-,25+,26-,34+/m0/s1. The molecule has 1 amide bonds. The number of aliphatic hydroxyl groups excluding tert-OH is 1. The zero-order valence-corrected chi connectivity index (χ0v) is 29.2. The molecule has 0 fully saturated rings. The molecule has 0 aromatic heterocycles. The molecular formula is C36H46FN3O8S. The van der Waals surface area contributed by atoms with Crippen LogP contribution < -0.4 is 9.46 Å². The Hall–Kier alpha value is -4.04. The number of sulfonamides is 1. The van der Waals surface area contributed by atoms with E-state index in [0.717, 1.165) is 42.7 Å². The van der Waals surface area contributed by atoms with Gasteiger partial charge in [-0.15, -0.1) is 0 Å². The molecule has 49 heavy (non-hydrogen) atoms. The van der Waals surface area contributed by atoms with Crippen LogP contribution in [0, 0.1) is 11.7 Å². The second-order valence-electron chi connectivity index (χ2n) is 12.8. The first-order valence-corrected chi connectivity index (χ1v) is 17.9. The van der Waals surface area contributed by atoms with Gasteiger partial charge in [-0.1, -0.05) is 19.1 Å². The molecule has 0 saturated carbocycles. The van der Waals surface area contributed by atoms with Gasteiger partial charge in [-0.25, -0.2) is 17.6 Å². The molecule has 4 rings (SSSR count). The number of nitrogens with zero attached hydrogens (tertiary/aromatic N) is 2. The molecule has 0 saturated heterocycles. The van der Waals surface area contributed by atoms with Crippen LogP contribution in [0.25, 0.3) is 0 Å². The Morgan fingerprint density at radius 1 is 1.08 bits per heavy atom. The van der Waals surface area contributed by atoms with E-state index in [4.69, 9.17) is 9.47 Å². The van der Waals surface area contributed by atoms with Gasteiger partial charge in [-0.2, -0.15) is 0 Å². The van der Waals surface area contributed by atoms with Crippen LogP contribution in [0.1, 0.15) is 66.3 Å². The summed E-state index contributed by atoms with van der Waals surface area (Å²) in [7, 11) is -2.14. The Morgan fingerprint density at radius 2 is 1.78 bits per heavy atom. The highest BCUT2D eigenvalue weighted by Crippen LogP contribution is 2.29. The molecule has 1 aliphatic rings. The molecule has 4 atom stereocenters. The summed E-state index contributed by atoms with van der Waals surface area (Å²) in [5.41, 5.74) is 1.42. The first-order chi connectivity index (χ1) is 23.3. The predicted molar refractivity (Wildman–Crippen MR) is 184 cm³/mol. The quantitative estimate of drug-likeness (QED) is 0.258. The van der Waals surface area contributed by atoms with Crippen LogP contribution in [-0.4, -0.2) is 91.9 Å². The minimum Gasteiger partial charge on any atom is -0.490 e. The van der Waals surface area contributed by atoms with Crippen molar-refractivity contribution in [3.63, 3.8) is 0 Å². The highest BCUT2D eigenvalue weighted by Gasteiger charge is 2.31. The summed E-state index contributed by atoms with van der Waals surface area (Å²) >= 11 is 0. The smallest absolute Gasteiger partial charge is 0.335 e. The van der Waals surface area contributed by atoms with Crippen molar-refractivity contribution in [2.24, 2.45) is 5.92 Å². The molecular weight excluding hydrogens is 653 g/mol. The second-order valence-corrected chi connectivity index (χ2v) is 14.5. The van der Waals surface area contributed by atoms with E-state index in [1.54, 1.807) is 42.2 Å². The van der Waals surface area contributed by atoms with E-state index in [2.05, 4.69) is 9.62 Å². The van der Waals surface area contributed by atoms with Crippen LogP contribution >= 0.6 is 0 Å². The number of amides is 1. The minimum absolute atomic E-state index is 0.123. The maximum atomic E-state index is 14.4. The number of aliphatic hydroxyl groups is 1. The number of nitrogens with one attached hydrogen (secondary N) is 1. The highest BCUT2D eigenvalue weighted by molar-refractivity contribution is 7.92. The molecule has 11 nitrogen and oxygen atoms in total. The van der Waals surface area contributed by atoms with Crippen molar-refractivity contribution in [2.45, 2.75) is 69.7 Å². The number of carbonyl (C=O) groups excluding carboxylic acids is 1. The lowest BCUT2D eigenvalue weighted by molar-refractivity contribution is -0.0177. The van der Waals surface area contributed by atoms with Crippen LogP contribution in [0.3, 0.4) is 0 Å². The number of hydrogen-bond acceptors (Lipinski definition) is 8. The van der Waals surface area contributed by atoms with Gasteiger partial charge in [0, 0.05) is 37.8 Å². The summed E-state index contributed by atoms with van der Waals surface area (Å²) < 4.78 is 54.8. The van der Waals surface area contributed by atoms with Crippen molar-refractivity contribution >= 4 is 27.6 Å². The zero-order valence-electron chi connectivity index (χ0n) is 28.3. The summed E-state index contributed by atoms with van der Waals surface area (Å²) in [6.07, 6.45) is 1.77. The fraction of sp³-hybridized carbons (Fsp3) is 0.444. The van der Waals surface area contributed by atoms with Crippen molar-refractivity contribution in [3.8, 4) is 5.75 Å². The van der Waals surface area contributed by atoms with E-state index in [1.165, 1.54) is 12.1 Å². The maximum Gasteiger partial charge on any atom is 0.335 e. The van der Waals surface area contributed by atoms with Crippen LogP contribution in [0.5, 0.6) is 5.75 Å². The van der Waals surface area contributed by atoms with Gasteiger partial charge in [0.25, 0.3) is 15.9 Å². The third-order valence-electron chi connectivity index (χ3n) is 8.57. The SMILES string of the molecule is C[C@H](CO)N1C[C@H](C)[C@@H](CN(C)Cc2ccc(C(=O)O)cc2)OCCCC[C@H](C)Oc2ccc(NS(=O)(=O)c3ccc(F)cc3)cc2C1=O. The largest absolute Gasteiger partial charge is 0.490 e. The Bertz CT molecular complexity index is 1670. The number of carbonyl (C=O) groups is 2. The number of anilines is 1. The van der Waals surface area contributed by atoms with Gasteiger partial charge < -0.3 is 24.6 Å². The maximum absolute atomic E-state index is 14.4. The number of fused-ring (bicyclic) bond motifs is 1. The fourth-order valence-electron chi connectivity index (χ4n) is 5.71. The number of hydrogen-bond donors (Lipinski definition) is 3. The topological polar surface area (TPSA) is 146 Å². The molecule has 0 spiro atoms. The molecule has 0 bridgehead atoms. The molecule has 266 valence electrons. The molecule has 1 heterocycles. The Labute approximate surface area is 287 Å². The predicted octanol–water partition coefficient (Wildman–Crippen LogP) is 5.25. The van der Waals surface area contributed by atoms with E-state index < -0.39 is 33.8 Å². The van der Waals surface area contributed by atoms with Crippen molar-refractivity contribution in [2.75, 3.05) is 38.1 Å². The van der Waals surface area contributed by atoms with Crippen LogP contribution in [0.2, 0.25) is 0 Å². The molecule has 3 aromatic rings. The van der Waals surface area contributed by atoms with Crippen molar-refractivity contribution in [1.82, 2.24) is 9.80 Å². The lowest BCUT2D eigenvalue weighted by Gasteiger charge is -2.36. The Balaban J connectivity index is 1.62. The average Bonchev–Trinajstić information content (AvgIpc) is 3.06. The summed E-state index contributed by atoms with van der Waals surface area (Å²) in [6, 6.07) is 15.1. The molecule has 3 aromatic carbocycles. The van der Waals surface area contributed by atoms with Gasteiger partial charge >= 0.3 is 5.97 Å². The molecule has 1 aliphatic heterocycles. The van der Waals surface area contributed by atoms with Gasteiger partial charge in [0.2, 0.25) is 0 Å². The van der Waals surface area contributed by atoms with Crippen molar-refractivity contribution in [3.05, 3.63) is 89.2 Å². The lowest BCUT2D eigenvalue weighted by atomic mass is 10.0. The number of benzene rings is 3. The first-order valence-electron chi connectivity index (χ1n) is 16.4. The minimum atomic E-state index is -4.09. The number of rotatable bonds is 10. The normalized spacial score (nSPS) is 20.2. The molecule has 13 heteroatoms. The molecule has 3 N–H and O–H groups in total. The number of halogens is 1. The first kappa shape index (κ1) is 37.8. The number of carboxylic acids is 1. The Morgan fingerprint density at radius 3 is 2.43 bits per heavy atom. The van der Waals surface area contributed by atoms with Gasteiger partial charge in [0.15, 0.2) is 0 Å². The number of likely N-dealkylation sites (N-methyl/N-ethyl adjacent to an activating group) is 1. The highest BCUT2D eigenvalue weighted by atomic mass is 32.2. The average molecular weight is 700 g/mol. The van der Waals surface area contributed by atoms with Crippen molar-refractivity contribution in [1.29, 1.82) is 0 Å². The van der Waals surface area contributed by atoms with Gasteiger partial charge in [0.1, 0.15) is 11.6 Å². The number of aromatic carboxylic acids is 1. The van der Waals surface area contributed by atoms with Gasteiger partial charge in [-0.3, -0.25) is 14.4 Å². The van der Waals surface area contributed by atoms with Crippen LogP contribution in [-0.2, 0) is 21.3 Å². The van der Waals surface area contributed by atoms with Gasteiger partial charge in [0.05, 0.1) is 40.9 Å². The Kier molecular flexibility index (Phi) is 13.2. The zero-order chi connectivity index (χ0) is 35.7. The van der Waals surface area contributed by atoms with Gasteiger partial charge in [-0.05, 0) is 100 Å². The second kappa shape index (κ2) is 17.1.